The summed E-state index contributed by atoms with van der Waals surface area (Å²) >= 11 is 0. The SMILES string of the molecule is CC(C)CC(=O)N[C@](C)(C(=O)N[C@](C)(C(=O)O)C(C)C)C(C)C.[Li]. The zero-order chi connectivity index (χ0) is 18.6. The molecule has 0 fully saturated rings. The van der Waals surface area contributed by atoms with Crippen LogP contribution in [-0.2, 0) is 14.4 Å². The maximum atomic E-state index is 12.8. The van der Waals surface area contributed by atoms with Crippen LogP contribution >= 0.6 is 0 Å². The van der Waals surface area contributed by atoms with E-state index in [1.165, 1.54) is 6.92 Å². The third kappa shape index (κ3) is 6.14. The van der Waals surface area contributed by atoms with Crippen LogP contribution in [0.3, 0.4) is 0 Å². The van der Waals surface area contributed by atoms with Gasteiger partial charge in [0.1, 0.15) is 11.1 Å². The summed E-state index contributed by atoms with van der Waals surface area (Å²) in [6.45, 7) is 14.1. The molecular weight excluding hydrogens is 303 g/mol. The van der Waals surface area contributed by atoms with Gasteiger partial charge in [0.2, 0.25) is 11.8 Å². The van der Waals surface area contributed by atoms with Crippen LogP contribution in [0.15, 0.2) is 0 Å². The van der Waals surface area contributed by atoms with E-state index in [1.54, 1.807) is 20.8 Å². The van der Waals surface area contributed by atoms with Gasteiger partial charge in [-0.15, -0.1) is 0 Å². The summed E-state index contributed by atoms with van der Waals surface area (Å²) in [4.78, 5) is 36.4. The second-order valence-electron chi connectivity index (χ2n) is 7.62. The van der Waals surface area contributed by atoms with E-state index in [1.807, 2.05) is 27.7 Å². The van der Waals surface area contributed by atoms with Crippen LogP contribution in [0.4, 0.5) is 0 Å². The van der Waals surface area contributed by atoms with Crippen molar-refractivity contribution in [2.75, 3.05) is 0 Å². The average Bonchev–Trinajstić information content (AvgIpc) is 2.36. The Morgan fingerprint density at radius 2 is 1.29 bits per heavy atom. The largest absolute Gasteiger partial charge is 0.480 e. The van der Waals surface area contributed by atoms with Crippen molar-refractivity contribution in [1.82, 2.24) is 10.6 Å². The second kappa shape index (κ2) is 9.48. The molecule has 0 aliphatic carbocycles. The third-order valence-corrected chi connectivity index (χ3v) is 4.59. The number of rotatable bonds is 8. The van der Waals surface area contributed by atoms with Gasteiger partial charge in [-0.05, 0) is 31.6 Å². The Bertz CT molecular complexity index is 466. The van der Waals surface area contributed by atoms with Gasteiger partial charge in [0.05, 0.1) is 0 Å². The first-order valence-electron chi connectivity index (χ1n) is 8.14. The first-order valence-corrected chi connectivity index (χ1v) is 8.14. The van der Waals surface area contributed by atoms with Crippen molar-refractivity contribution in [3.05, 3.63) is 0 Å². The van der Waals surface area contributed by atoms with Crippen molar-refractivity contribution in [3.8, 4) is 0 Å². The molecule has 0 aromatic carbocycles. The predicted octanol–water partition coefficient (Wildman–Crippen LogP) is 1.80. The zero-order valence-electron chi connectivity index (χ0n) is 16.6. The van der Waals surface area contributed by atoms with Crippen LogP contribution < -0.4 is 10.6 Å². The fourth-order valence-corrected chi connectivity index (χ4v) is 1.99. The molecule has 0 aromatic heterocycles. The molecule has 0 aliphatic rings. The molecule has 0 saturated carbocycles. The molecule has 135 valence electrons. The Morgan fingerprint density at radius 3 is 1.58 bits per heavy atom. The van der Waals surface area contributed by atoms with Crippen LogP contribution in [-0.4, -0.2) is 52.8 Å². The number of amides is 2. The number of carbonyl (C=O) groups excluding carboxylic acids is 2. The molecule has 0 rings (SSSR count). The van der Waals surface area contributed by atoms with Gasteiger partial charge < -0.3 is 15.7 Å². The van der Waals surface area contributed by atoms with Crippen LogP contribution in [0.1, 0.15) is 61.8 Å². The van der Waals surface area contributed by atoms with Crippen molar-refractivity contribution in [3.63, 3.8) is 0 Å². The molecule has 24 heavy (non-hydrogen) atoms. The number of carboxylic acids is 1. The monoisotopic (exact) mass is 335 g/mol. The maximum Gasteiger partial charge on any atom is 0.329 e. The van der Waals surface area contributed by atoms with E-state index in [-0.39, 0.29) is 42.5 Å². The number of hydrogen-bond donors (Lipinski definition) is 3. The number of carboxylic acid groups (broad SMARTS) is 1. The van der Waals surface area contributed by atoms with Crippen molar-refractivity contribution in [2.24, 2.45) is 17.8 Å². The number of nitrogens with one attached hydrogen (secondary N) is 2. The molecule has 0 bridgehead atoms. The van der Waals surface area contributed by atoms with Gasteiger partial charge in [-0.3, -0.25) is 9.59 Å². The van der Waals surface area contributed by atoms with E-state index in [9.17, 15) is 19.5 Å². The topological polar surface area (TPSA) is 95.5 Å². The third-order valence-electron chi connectivity index (χ3n) is 4.59. The van der Waals surface area contributed by atoms with Crippen molar-refractivity contribution >= 4 is 36.6 Å². The number of hydrogen-bond acceptors (Lipinski definition) is 3. The van der Waals surface area contributed by atoms with Crippen LogP contribution in [0.25, 0.3) is 0 Å². The first-order chi connectivity index (χ1) is 10.3. The number of aliphatic carboxylic acids is 1. The molecule has 0 saturated heterocycles. The summed E-state index contributed by atoms with van der Waals surface area (Å²) in [5, 5.41) is 14.9. The molecule has 0 aliphatic heterocycles. The minimum atomic E-state index is -1.39. The van der Waals surface area contributed by atoms with E-state index in [4.69, 9.17) is 0 Å². The van der Waals surface area contributed by atoms with Gasteiger partial charge in [-0.25, -0.2) is 4.79 Å². The summed E-state index contributed by atoms with van der Waals surface area (Å²) in [6, 6.07) is 0. The minimum absolute atomic E-state index is 0. The Morgan fingerprint density at radius 1 is 0.875 bits per heavy atom. The van der Waals surface area contributed by atoms with Gasteiger partial charge in [0, 0.05) is 25.3 Å². The van der Waals surface area contributed by atoms with E-state index >= 15 is 0 Å². The summed E-state index contributed by atoms with van der Waals surface area (Å²) < 4.78 is 0. The Hall–Kier alpha value is -0.993. The molecule has 2 amide bonds. The van der Waals surface area contributed by atoms with E-state index < -0.39 is 23.0 Å². The van der Waals surface area contributed by atoms with E-state index in [2.05, 4.69) is 10.6 Å². The van der Waals surface area contributed by atoms with Gasteiger partial charge in [0.15, 0.2) is 0 Å². The Balaban J connectivity index is 0. The van der Waals surface area contributed by atoms with Gasteiger partial charge in [-0.2, -0.15) is 0 Å². The fourth-order valence-electron chi connectivity index (χ4n) is 1.99. The molecule has 7 heteroatoms. The van der Waals surface area contributed by atoms with Crippen LogP contribution in [0, 0.1) is 17.8 Å². The fraction of sp³-hybridized carbons (Fsp3) is 0.824. The minimum Gasteiger partial charge on any atom is -0.480 e. The van der Waals surface area contributed by atoms with Crippen molar-refractivity contribution in [2.45, 2.75) is 72.9 Å². The molecule has 0 unspecified atom stereocenters. The Kier molecular flexibility index (Phi) is 9.97. The molecule has 3 N–H and O–H groups in total. The molecule has 1 radical (unpaired) electrons. The van der Waals surface area contributed by atoms with Gasteiger partial charge in [-0.1, -0.05) is 41.5 Å². The normalized spacial score (nSPS) is 16.1. The Labute approximate surface area is 157 Å². The smallest absolute Gasteiger partial charge is 0.329 e. The summed E-state index contributed by atoms with van der Waals surface area (Å²) in [7, 11) is 0. The first kappa shape index (κ1) is 25.2. The zero-order valence-corrected chi connectivity index (χ0v) is 16.6. The second-order valence-corrected chi connectivity index (χ2v) is 7.62. The summed E-state index contributed by atoms with van der Waals surface area (Å²) in [6.07, 6.45) is 0.315. The van der Waals surface area contributed by atoms with Crippen molar-refractivity contribution < 1.29 is 19.5 Å². The van der Waals surface area contributed by atoms with E-state index in [0.717, 1.165) is 0 Å². The summed E-state index contributed by atoms with van der Waals surface area (Å²) in [5.74, 6) is -2.11. The molecule has 0 spiro atoms. The average molecular weight is 335 g/mol. The molecule has 6 nitrogen and oxygen atoms in total. The molecule has 0 heterocycles. The van der Waals surface area contributed by atoms with Crippen LogP contribution in [0.5, 0.6) is 0 Å². The standard InChI is InChI=1S/C17H32N2O4.Li/c1-10(2)9-13(20)18-16(7,11(3)4)14(21)19-17(8,12(5)6)15(22)23;/h10-12H,9H2,1-8H3,(H,18,20)(H,19,21)(H,22,23);/t16-,17-;/m0./s1. The van der Waals surface area contributed by atoms with Crippen LogP contribution in [0.2, 0.25) is 0 Å². The van der Waals surface area contributed by atoms with Gasteiger partial charge >= 0.3 is 5.97 Å². The quantitative estimate of drug-likeness (QED) is 0.589. The molecule has 2 atom stereocenters. The van der Waals surface area contributed by atoms with Gasteiger partial charge in [0.25, 0.3) is 0 Å². The maximum absolute atomic E-state index is 12.8. The molecular formula is C17H32LiN2O4. The number of carbonyl (C=O) groups is 3. The van der Waals surface area contributed by atoms with E-state index in [0.29, 0.717) is 6.42 Å². The summed E-state index contributed by atoms with van der Waals surface area (Å²) in [5.41, 5.74) is -2.56. The predicted molar refractivity (Wildman–Crippen MR) is 95.6 cm³/mol. The molecule has 0 aromatic rings. The van der Waals surface area contributed by atoms with Crippen molar-refractivity contribution in [1.29, 1.82) is 0 Å².